The minimum absolute atomic E-state index is 0.132. The van der Waals surface area contributed by atoms with E-state index in [1.807, 2.05) is 4.90 Å². The molecule has 0 radical (unpaired) electrons. The summed E-state index contributed by atoms with van der Waals surface area (Å²) < 4.78 is 5.54. The highest BCUT2D eigenvalue weighted by Crippen LogP contribution is 2.18. The molecule has 1 fully saturated rings. The number of rotatable bonds is 6. The van der Waals surface area contributed by atoms with Crippen LogP contribution >= 0.6 is 0 Å². The zero-order chi connectivity index (χ0) is 15.0. The number of carbonyl (C=O) groups is 2. The molecule has 1 unspecified atom stereocenters. The molecule has 1 atom stereocenters. The third kappa shape index (κ3) is 3.69. The molecule has 1 aliphatic rings. The molecular formula is C14H21N3O3. The monoisotopic (exact) mass is 279 g/mol. The van der Waals surface area contributed by atoms with Crippen LogP contribution in [0.2, 0.25) is 0 Å². The van der Waals surface area contributed by atoms with Gasteiger partial charge in [0.05, 0.1) is 6.54 Å². The van der Waals surface area contributed by atoms with E-state index in [2.05, 4.69) is 16.9 Å². The van der Waals surface area contributed by atoms with Crippen molar-refractivity contribution in [2.45, 2.75) is 18.9 Å². The van der Waals surface area contributed by atoms with Gasteiger partial charge in [0.1, 0.15) is 18.9 Å². The van der Waals surface area contributed by atoms with Crippen LogP contribution < -0.4 is 5.32 Å². The van der Waals surface area contributed by atoms with Gasteiger partial charge in [0.2, 0.25) is 5.91 Å². The molecule has 1 N–H and O–H groups in total. The molecule has 6 heteroatoms. The van der Waals surface area contributed by atoms with Gasteiger partial charge in [-0.3, -0.25) is 9.79 Å². The molecule has 1 heterocycles. The van der Waals surface area contributed by atoms with Crippen molar-refractivity contribution in [3.63, 3.8) is 0 Å². The van der Waals surface area contributed by atoms with E-state index in [4.69, 9.17) is 4.74 Å². The van der Waals surface area contributed by atoms with Crippen LogP contribution in [-0.2, 0) is 14.3 Å². The molecule has 20 heavy (non-hydrogen) atoms. The first-order valence-corrected chi connectivity index (χ1v) is 6.54. The number of likely N-dealkylation sites (N-methyl/N-ethyl adjacent to an activating group) is 1. The van der Waals surface area contributed by atoms with Crippen molar-refractivity contribution in [3.05, 3.63) is 24.5 Å². The molecule has 0 saturated carbocycles. The molecule has 1 saturated heterocycles. The number of aliphatic imine (C=N–C) groups is 1. The number of ether oxygens (including phenoxy) is 1. The highest BCUT2D eigenvalue weighted by molar-refractivity contribution is 6.00. The number of aldehydes is 1. The lowest BCUT2D eigenvalue weighted by Gasteiger charge is -2.37. The second kappa shape index (κ2) is 8.14. The summed E-state index contributed by atoms with van der Waals surface area (Å²) in [5, 5.41) is 2.63. The maximum atomic E-state index is 12.0. The van der Waals surface area contributed by atoms with E-state index in [-0.39, 0.29) is 5.91 Å². The Kier molecular flexibility index (Phi) is 6.49. The Balaban J connectivity index is 3.03. The molecule has 1 rings (SSSR count). The summed E-state index contributed by atoms with van der Waals surface area (Å²) in [6.07, 6.45) is 4.93. The normalized spacial score (nSPS) is 20.4. The maximum Gasteiger partial charge on any atom is 0.242 e. The van der Waals surface area contributed by atoms with Crippen LogP contribution in [0, 0.1) is 0 Å². The summed E-state index contributed by atoms with van der Waals surface area (Å²) in [6, 6.07) is -0.430. The molecule has 1 amide bonds. The van der Waals surface area contributed by atoms with Crippen molar-refractivity contribution in [2.24, 2.45) is 4.99 Å². The quantitative estimate of drug-likeness (QED) is 0.719. The van der Waals surface area contributed by atoms with E-state index in [0.717, 1.165) is 6.29 Å². The van der Waals surface area contributed by atoms with Crippen LogP contribution in [-0.4, -0.2) is 56.2 Å². The first kappa shape index (κ1) is 15.9. The Labute approximate surface area is 119 Å². The first-order valence-electron chi connectivity index (χ1n) is 6.54. The zero-order valence-corrected chi connectivity index (χ0v) is 12.0. The van der Waals surface area contributed by atoms with Gasteiger partial charge in [-0.2, -0.15) is 0 Å². The summed E-state index contributed by atoms with van der Waals surface area (Å²) in [5.74, 6) is 1.07. The van der Waals surface area contributed by atoms with Crippen molar-refractivity contribution in [3.8, 4) is 0 Å². The lowest BCUT2D eigenvalue weighted by Crippen LogP contribution is -2.52. The number of allylic oxidation sites excluding steroid dienone is 2. The van der Waals surface area contributed by atoms with Crippen molar-refractivity contribution >= 4 is 18.0 Å². The van der Waals surface area contributed by atoms with Gasteiger partial charge < -0.3 is 19.7 Å². The van der Waals surface area contributed by atoms with Crippen LogP contribution in [0.5, 0.6) is 0 Å². The minimum atomic E-state index is -0.430. The summed E-state index contributed by atoms with van der Waals surface area (Å²) in [6.45, 7) is 4.66. The SMILES string of the molecule is C=C/C=C1/OCCN(C(CCC=O)C(=O)NC)C1=NC. The van der Waals surface area contributed by atoms with Crippen molar-refractivity contribution in [1.29, 1.82) is 0 Å². The summed E-state index contributed by atoms with van der Waals surface area (Å²) >= 11 is 0. The Morgan fingerprint density at radius 2 is 2.40 bits per heavy atom. The number of hydrogen-bond acceptors (Lipinski definition) is 4. The number of morpholine rings is 1. The predicted octanol–water partition coefficient (Wildman–Crippen LogP) is 0.510. The van der Waals surface area contributed by atoms with Gasteiger partial charge in [0.25, 0.3) is 0 Å². The number of carbonyl (C=O) groups excluding carboxylic acids is 2. The third-order valence-electron chi connectivity index (χ3n) is 3.05. The summed E-state index contributed by atoms with van der Waals surface area (Å²) in [5.41, 5.74) is 0. The van der Waals surface area contributed by atoms with Crippen LogP contribution in [0.25, 0.3) is 0 Å². The standard InChI is InChI=1S/C14H21N3O3/c1-4-6-12-13(15-2)17(8-10-20-12)11(7-5-9-18)14(19)16-3/h4,6,9,11H,1,5,7-8,10H2,2-3H3,(H,16,19)/b12-6+,15-13?. The summed E-state index contributed by atoms with van der Waals surface area (Å²) in [4.78, 5) is 28.7. The van der Waals surface area contributed by atoms with Gasteiger partial charge in [-0.1, -0.05) is 12.7 Å². The fourth-order valence-corrected chi connectivity index (χ4v) is 2.16. The smallest absolute Gasteiger partial charge is 0.242 e. The van der Waals surface area contributed by atoms with Gasteiger partial charge in [0.15, 0.2) is 11.6 Å². The lowest BCUT2D eigenvalue weighted by atomic mass is 10.1. The lowest BCUT2D eigenvalue weighted by molar-refractivity contribution is -0.125. The maximum absolute atomic E-state index is 12.0. The second-order valence-corrected chi connectivity index (χ2v) is 4.23. The Hall–Kier alpha value is -2.11. The molecule has 110 valence electrons. The topological polar surface area (TPSA) is 71.0 Å². The first-order chi connectivity index (χ1) is 9.69. The largest absolute Gasteiger partial charge is 0.488 e. The highest BCUT2D eigenvalue weighted by Gasteiger charge is 2.32. The molecular weight excluding hydrogens is 258 g/mol. The van der Waals surface area contributed by atoms with Crippen LogP contribution in [0.3, 0.4) is 0 Å². The van der Waals surface area contributed by atoms with Gasteiger partial charge in [-0.25, -0.2) is 0 Å². The summed E-state index contributed by atoms with van der Waals surface area (Å²) in [7, 11) is 3.23. The Morgan fingerprint density at radius 1 is 1.65 bits per heavy atom. The van der Waals surface area contributed by atoms with Gasteiger partial charge >= 0.3 is 0 Å². The van der Waals surface area contributed by atoms with Crippen molar-refractivity contribution < 1.29 is 14.3 Å². The Bertz CT molecular complexity index is 429. The van der Waals surface area contributed by atoms with E-state index in [0.29, 0.717) is 37.6 Å². The number of amidine groups is 1. The van der Waals surface area contributed by atoms with Crippen LogP contribution in [0.4, 0.5) is 0 Å². The van der Waals surface area contributed by atoms with Crippen molar-refractivity contribution in [1.82, 2.24) is 10.2 Å². The van der Waals surface area contributed by atoms with Crippen LogP contribution in [0.1, 0.15) is 12.8 Å². The second-order valence-electron chi connectivity index (χ2n) is 4.23. The highest BCUT2D eigenvalue weighted by atomic mass is 16.5. The van der Waals surface area contributed by atoms with E-state index in [1.165, 1.54) is 0 Å². The molecule has 1 aliphatic heterocycles. The zero-order valence-electron chi connectivity index (χ0n) is 12.0. The van der Waals surface area contributed by atoms with E-state index in [1.54, 1.807) is 26.2 Å². The minimum Gasteiger partial charge on any atom is -0.488 e. The Morgan fingerprint density at radius 3 is 2.95 bits per heavy atom. The molecule has 6 nitrogen and oxygen atoms in total. The fourth-order valence-electron chi connectivity index (χ4n) is 2.16. The molecule has 0 aliphatic carbocycles. The number of nitrogens with zero attached hydrogens (tertiary/aromatic N) is 2. The van der Waals surface area contributed by atoms with Gasteiger partial charge in [0, 0.05) is 20.5 Å². The third-order valence-corrected chi connectivity index (χ3v) is 3.05. The molecule has 0 aromatic rings. The molecule has 0 aromatic carbocycles. The van der Waals surface area contributed by atoms with Crippen molar-refractivity contribution in [2.75, 3.05) is 27.2 Å². The van der Waals surface area contributed by atoms with E-state index in [9.17, 15) is 9.59 Å². The van der Waals surface area contributed by atoms with E-state index >= 15 is 0 Å². The fraction of sp³-hybridized carbons (Fsp3) is 0.500. The molecule has 0 aromatic heterocycles. The number of amides is 1. The van der Waals surface area contributed by atoms with Gasteiger partial charge in [-0.05, 0) is 12.5 Å². The predicted molar refractivity (Wildman–Crippen MR) is 77.4 cm³/mol. The van der Waals surface area contributed by atoms with Gasteiger partial charge in [-0.15, -0.1) is 0 Å². The average Bonchev–Trinajstić information content (AvgIpc) is 2.47. The van der Waals surface area contributed by atoms with E-state index < -0.39 is 6.04 Å². The molecule has 0 bridgehead atoms. The number of hydrogen-bond donors (Lipinski definition) is 1. The molecule has 0 spiro atoms. The average molecular weight is 279 g/mol. The number of nitrogens with one attached hydrogen (secondary N) is 1. The van der Waals surface area contributed by atoms with Crippen LogP contribution in [0.15, 0.2) is 29.5 Å².